The zero-order valence-corrected chi connectivity index (χ0v) is 38.6. The monoisotopic (exact) mass is 865 g/mol. The molecule has 2 aliphatic heterocycles. The number of aliphatic hydroxyl groups is 7. The molecule has 0 radical (unpaired) electrons. The van der Waals surface area contributed by atoms with Crippen LogP contribution in [0.5, 0.6) is 0 Å². The minimum Gasteiger partial charge on any atom is -0.387 e. The smallest absolute Gasteiger partial charge is 0.186 e. The average molecular weight is 865 g/mol. The van der Waals surface area contributed by atoms with Crippen molar-refractivity contribution in [1.29, 1.82) is 0 Å². The summed E-state index contributed by atoms with van der Waals surface area (Å²) in [6, 6.07) is 0. The van der Waals surface area contributed by atoms with Crippen molar-refractivity contribution in [3.8, 4) is 0 Å². The summed E-state index contributed by atoms with van der Waals surface area (Å²) in [6.07, 6.45) is 18.1. The average Bonchev–Trinajstić information content (AvgIpc) is 3.22. The lowest BCUT2D eigenvalue weighted by Crippen LogP contribution is -2.61. The highest BCUT2D eigenvalue weighted by atomic mass is 16.7. The Kier molecular flexibility index (Phi) is 31.4. The van der Waals surface area contributed by atoms with Gasteiger partial charge in [-0.1, -0.05) is 162 Å². The van der Waals surface area contributed by atoms with E-state index in [1.165, 1.54) is 141 Å². The maximum atomic E-state index is 10.8. The highest BCUT2D eigenvalue weighted by Gasteiger charge is 2.47. The van der Waals surface area contributed by atoms with Crippen molar-refractivity contribution in [2.75, 3.05) is 53.6 Å². The van der Waals surface area contributed by atoms with Crippen LogP contribution in [0, 0.1) is 0 Å². The summed E-state index contributed by atoms with van der Waals surface area (Å²) in [7, 11) is 4.20. The van der Waals surface area contributed by atoms with Crippen LogP contribution in [0.1, 0.15) is 181 Å². The molecule has 1 unspecified atom stereocenters. The Labute approximate surface area is 365 Å². The van der Waals surface area contributed by atoms with Gasteiger partial charge in [0.1, 0.15) is 61.5 Å². The van der Waals surface area contributed by atoms with Gasteiger partial charge in [-0.2, -0.15) is 0 Å². The van der Waals surface area contributed by atoms with Gasteiger partial charge in [-0.15, -0.1) is 0 Å². The summed E-state index contributed by atoms with van der Waals surface area (Å²) >= 11 is 0. The Balaban J connectivity index is 1.62. The van der Waals surface area contributed by atoms with Crippen molar-refractivity contribution in [2.24, 2.45) is 0 Å². The standard InChI is InChI=1S/C47H94NO12/c1-5-7-9-11-13-15-17-18-19-20-21-22-23-25-27-29-31-48(3,4)33-37(49)34-56-35-38-40(50)42(52)45(55)47(59-38)58-36-39-41(51)43(53)44(54)46(60-39)57-32-30-28-26-24-16-14-12-10-8-6-2/h37-47,49-55H,5-36H2,1-4H3/q+1/t37?,38-,39-,40-,41-,42+,43+,44-,45-,46-,47+/m1/s1. The molecule has 11 atom stereocenters. The summed E-state index contributed by atoms with van der Waals surface area (Å²) < 4.78 is 29.4. The molecule has 60 heavy (non-hydrogen) atoms. The fourth-order valence-electron chi connectivity index (χ4n) is 8.49. The molecule has 0 amide bonds. The van der Waals surface area contributed by atoms with E-state index < -0.39 is 67.5 Å². The van der Waals surface area contributed by atoms with Gasteiger partial charge in [0, 0.05) is 6.61 Å². The number of nitrogens with zero attached hydrogens (tertiary/aromatic N) is 1. The van der Waals surface area contributed by atoms with Crippen molar-refractivity contribution in [3.63, 3.8) is 0 Å². The Morgan fingerprint density at radius 2 is 0.817 bits per heavy atom. The topological polar surface area (TPSA) is 188 Å². The van der Waals surface area contributed by atoms with Gasteiger partial charge in [-0.3, -0.25) is 0 Å². The van der Waals surface area contributed by atoms with Crippen LogP contribution in [0.15, 0.2) is 0 Å². The number of rotatable bonds is 38. The van der Waals surface area contributed by atoms with Gasteiger partial charge in [0.15, 0.2) is 12.6 Å². The molecule has 0 aromatic carbocycles. The number of hydrogen-bond acceptors (Lipinski definition) is 12. The molecule has 0 bridgehead atoms. The Hall–Kier alpha value is -0.520. The van der Waals surface area contributed by atoms with E-state index in [0.717, 1.165) is 32.2 Å². The van der Waals surface area contributed by atoms with Crippen molar-refractivity contribution >= 4 is 0 Å². The second kappa shape index (κ2) is 33.9. The largest absolute Gasteiger partial charge is 0.387 e. The summed E-state index contributed by atoms with van der Waals surface area (Å²) in [6.45, 7) is 5.71. The maximum Gasteiger partial charge on any atom is 0.186 e. The third-order valence-electron chi connectivity index (χ3n) is 12.5. The molecule has 0 aliphatic carbocycles. The van der Waals surface area contributed by atoms with Crippen LogP contribution in [0.2, 0.25) is 0 Å². The molecular formula is C47H94NO12+. The van der Waals surface area contributed by atoms with Gasteiger partial charge in [0.05, 0.1) is 40.5 Å². The lowest BCUT2D eigenvalue weighted by atomic mass is 9.98. The Morgan fingerprint density at radius 3 is 1.25 bits per heavy atom. The zero-order valence-electron chi connectivity index (χ0n) is 38.6. The van der Waals surface area contributed by atoms with Crippen LogP contribution in [-0.4, -0.2) is 161 Å². The molecule has 0 saturated carbocycles. The zero-order chi connectivity index (χ0) is 44.0. The number of ether oxygens (including phenoxy) is 5. The van der Waals surface area contributed by atoms with Crippen LogP contribution < -0.4 is 0 Å². The van der Waals surface area contributed by atoms with Crippen LogP contribution in [-0.2, 0) is 23.7 Å². The molecule has 13 heteroatoms. The van der Waals surface area contributed by atoms with Gasteiger partial charge in [-0.05, 0) is 19.3 Å². The molecule has 0 aromatic heterocycles. The van der Waals surface area contributed by atoms with Crippen molar-refractivity contribution < 1.29 is 63.9 Å². The van der Waals surface area contributed by atoms with E-state index in [4.69, 9.17) is 23.7 Å². The lowest BCUT2D eigenvalue weighted by Gasteiger charge is -2.43. The molecule has 2 heterocycles. The molecule has 0 aromatic rings. The maximum absolute atomic E-state index is 10.8. The predicted octanol–water partition coefficient (Wildman–Crippen LogP) is 6.27. The summed E-state index contributed by atoms with van der Waals surface area (Å²) in [5.41, 5.74) is 0. The van der Waals surface area contributed by atoms with Crippen LogP contribution in [0.4, 0.5) is 0 Å². The number of quaternary nitrogens is 1. The third-order valence-corrected chi connectivity index (χ3v) is 12.5. The van der Waals surface area contributed by atoms with Gasteiger partial charge >= 0.3 is 0 Å². The van der Waals surface area contributed by atoms with Crippen LogP contribution in [0.3, 0.4) is 0 Å². The van der Waals surface area contributed by atoms with Crippen LogP contribution >= 0.6 is 0 Å². The van der Waals surface area contributed by atoms with E-state index in [2.05, 4.69) is 27.9 Å². The molecule has 13 nitrogen and oxygen atoms in total. The number of unbranched alkanes of at least 4 members (excludes halogenated alkanes) is 24. The minimum atomic E-state index is -1.62. The van der Waals surface area contributed by atoms with Crippen molar-refractivity contribution in [3.05, 3.63) is 0 Å². The number of likely N-dealkylation sites (N-methyl/N-ethyl adjacent to an activating group) is 1. The number of hydrogen-bond donors (Lipinski definition) is 7. The SMILES string of the molecule is CCCCCCCCCCCCCCCCCC[N+](C)(C)CC(O)COC[C@H]1O[C@H](OC[C@H]2O[C@@H](OCCCCCCCCCCCC)[C@H](O)[C@@H](O)[C@@H]2O)[C@H](O)[C@@H](O)[C@@H]1O. The molecule has 358 valence electrons. The van der Waals surface area contributed by atoms with Gasteiger partial charge in [-0.25, -0.2) is 0 Å². The molecular weight excluding hydrogens is 771 g/mol. The summed E-state index contributed by atoms with van der Waals surface area (Å²) in [5, 5.41) is 74.2. The fourth-order valence-corrected chi connectivity index (χ4v) is 8.49. The highest BCUT2D eigenvalue weighted by molar-refractivity contribution is 4.92. The lowest BCUT2D eigenvalue weighted by molar-refractivity contribution is -0.893. The Morgan fingerprint density at radius 1 is 0.450 bits per heavy atom. The van der Waals surface area contributed by atoms with E-state index >= 15 is 0 Å². The molecule has 2 fully saturated rings. The minimum absolute atomic E-state index is 0.000224. The molecule has 2 aliphatic rings. The van der Waals surface area contributed by atoms with Gasteiger partial charge in [0.2, 0.25) is 0 Å². The third kappa shape index (κ3) is 24.0. The normalized spacial score (nSPS) is 28.1. The van der Waals surface area contributed by atoms with E-state index in [0.29, 0.717) is 17.6 Å². The van der Waals surface area contributed by atoms with E-state index in [-0.39, 0.29) is 19.8 Å². The quantitative estimate of drug-likeness (QED) is 0.0273. The highest BCUT2D eigenvalue weighted by Crippen LogP contribution is 2.27. The first-order valence-corrected chi connectivity index (χ1v) is 24.6. The summed E-state index contributed by atoms with van der Waals surface area (Å²) in [5.74, 6) is 0. The Bertz CT molecular complexity index is 996. The second-order valence-corrected chi connectivity index (χ2v) is 18.8. The first-order valence-electron chi connectivity index (χ1n) is 24.6. The van der Waals surface area contributed by atoms with Crippen LogP contribution in [0.25, 0.3) is 0 Å². The number of aliphatic hydroxyl groups excluding tert-OH is 7. The second-order valence-electron chi connectivity index (χ2n) is 18.8. The first kappa shape index (κ1) is 55.6. The first-order chi connectivity index (χ1) is 28.9. The van der Waals surface area contributed by atoms with E-state index in [1.807, 2.05) is 0 Å². The van der Waals surface area contributed by atoms with E-state index in [1.54, 1.807) is 0 Å². The van der Waals surface area contributed by atoms with Crippen molar-refractivity contribution in [1.82, 2.24) is 0 Å². The van der Waals surface area contributed by atoms with Gasteiger partial charge in [0.25, 0.3) is 0 Å². The van der Waals surface area contributed by atoms with Gasteiger partial charge < -0.3 is 63.9 Å². The predicted molar refractivity (Wildman–Crippen MR) is 235 cm³/mol. The molecule has 2 saturated heterocycles. The van der Waals surface area contributed by atoms with Crippen molar-refractivity contribution in [2.45, 2.75) is 248 Å². The van der Waals surface area contributed by atoms with E-state index in [9.17, 15) is 35.7 Å². The summed E-state index contributed by atoms with van der Waals surface area (Å²) in [4.78, 5) is 0. The molecule has 0 spiro atoms. The molecule has 7 N–H and O–H groups in total. The molecule has 2 rings (SSSR count). The fraction of sp³-hybridized carbons (Fsp3) is 1.00.